The van der Waals surface area contributed by atoms with E-state index in [0.29, 0.717) is 32.1 Å². The van der Waals surface area contributed by atoms with Crippen molar-refractivity contribution < 1.29 is 34.3 Å². The van der Waals surface area contributed by atoms with Crippen LogP contribution in [-0.2, 0) is 19.0 Å². The van der Waals surface area contributed by atoms with Gasteiger partial charge in [0.2, 0.25) is 0 Å². The summed E-state index contributed by atoms with van der Waals surface area (Å²) in [6.07, 6.45) is 11.4. The largest absolute Gasteiger partial charge is 0.469 e. The number of allylic oxidation sites excluding steroid dienone is 3. The van der Waals surface area contributed by atoms with Gasteiger partial charge in [0.1, 0.15) is 0 Å². The molecule has 0 aromatic rings. The van der Waals surface area contributed by atoms with Gasteiger partial charge in [0.05, 0.1) is 25.4 Å². The zero-order chi connectivity index (χ0) is 22.8. The Morgan fingerprint density at radius 3 is 2.20 bits per heavy atom. The lowest BCUT2D eigenvalue weighted by Gasteiger charge is -2.27. The first-order valence-electron chi connectivity index (χ1n) is 10.5. The van der Waals surface area contributed by atoms with E-state index in [4.69, 9.17) is 9.47 Å². The molecular formula is C23H40O7. The Bertz CT molecular complexity index is 512. The topological polar surface area (TPSA) is 105 Å². The average Bonchev–Trinajstić information content (AvgIpc) is 2.74. The van der Waals surface area contributed by atoms with Crippen molar-refractivity contribution in [1.82, 2.24) is 0 Å². The third kappa shape index (κ3) is 13.7. The predicted molar refractivity (Wildman–Crippen MR) is 117 cm³/mol. The van der Waals surface area contributed by atoms with Gasteiger partial charge in [0, 0.05) is 33.0 Å². The fraction of sp³-hybridized carbons (Fsp3) is 0.696. The summed E-state index contributed by atoms with van der Waals surface area (Å²) in [5.41, 5.74) is 0. The monoisotopic (exact) mass is 428 g/mol. The molecule has 0 fully saturated rings. The molecule has 0 saturated carbocycles. The number of esters is 1. The summed E-state index contributed by atoms with van der Waals surface area (Å²) in [6, 6.07) is 0. The van der Waals surface area contributed by atoms with Gasteiger partial charge in [-0.25, -0.2) is 0 Å². The standard InChI is InChI=1S/C23H40O7/c1-5-6-9-12-18(24)15-16-20(25)19(21(26)17-23(29-3)30-4)13-10-7-8-11-14-22(27)28-2/h6-7,9-10,15-16,18-21,23-26H,5,8,11-14,17H2,1-4H3/b9-6-,10-7-,16-15+/t18-,19+,20+,21-/m0/s1. The van der Waals surface area contributed by atoms with E-state index in [2.05, 4.69) is 4.74 Å². The molecule has 0 aliphatic carbocycles. The highest BCUT2D eigenvalue weighted by Gasteiger charge is 2.27. The quantitative estimate of drug-likeness (QED) is 0.142. The lowest BCUT2D eigenvalue weighted by Crippen LogP contribution is -2.34. The number of ether oxygens (including phenoxy) is 3. The predicted octanol–water partition coefficient (Wildman–Crippen LogP) is 2.90. The van der Waals surface area contributed by atoms with Crippen LogP contribution in [0.4, 0.5) is 0 Å². The van der Waals surface area contributed by atoms with Crippen molar-refractivity contribution in [3.63, 3.8) is 0 Å². The Morgan fingerprint density at radius 1 is 0.933 bits per heavy atom. The maximum Gasteiger partial charge on any atom is 0.305 e. The summed E-state index contributed by atoms with van der Waals surface area (Å²) in [5, 5.41) is 31.2. The Balaban J connectivity index is 4.91. The van der Waals surface area contributed by atoms with Crippen LogP contribution in [0.3, 0.4) is 0 Å². The van der Waals surface area contributed by atoms with E-state index in [1.807, 2.05) is 31.2 Å². The Labute approximate surface area is 181 Å². The van der Waals surface area contributed by atoms with Crippen LogP contribution in [0.15, 0.2) is 36.5 Å². The maximum absolute atomic E-state index is 11.1. The van der Waals surface area contributed by atoms with Gasteiger partial charge in [0.15, 0.2) is 6.29 Å². The molecule has 0 saturated heterocycles. The second-order valence-corrected chi connectivity index (χ2v) is 7.10. The van der Waals surface area contributed by atoms with E-state index >= 15 is 0 Å². The number of aliphatic hydroxyl groups excluding tert-OH is 3. The minimum atomic E-state index is -0.945. The Hall–Kier alpha value is -1.51. The van der Waals surface area contributed by atoms with Gasteiger partial charge in [-0.15, -0.1) is 0 Å². The second kappa shape index (κ2) is 18.3. The van der Waals surface area contributed by atoms with Crippen molar-refractivity contribution in [3.8, 4) is 0 Å². The van der Waals surface area contributed by atoms with Gasteiger partial charge in [0.25, 0.3) is 0 Å². The molecule has 0 aromatic carbocycles. The highest BCUT2D eigenvalue weighted by molar-refractivity contribution is 5.69. The van der Waals surface area contributed by atoms with Crippen molar-refractivity contribution in [1.29, 1.82) is 0 Å². The lowest BCUT2D eigenvalue weighted by molar-refractivity contribution is -0.140. The maximum atomic E-state index is 11.1. The third-order valence-electron chi connectivity index (χ3n) is 4.76. The number of hydrogen-bond acceptors (Lipinski definition) is 7. The molecule has 30 heavy (non-hydrogen) atoms. The van der Waals surface area contributed by atoms with Gasteiger partial charge in [-0.3, -0.25) is 4.79 Å². The van der Waals surface area contributed by atoms with E-state index in [1.165, 1.54) is 27.4 Å². The molecule has 174 valence electrons. The molecular weight excluding hydrogens is 388 g/mol. The van der Waals surface area contributed by atoms with Crippen LogP contribution in [0, 0.1) is 5.92 Å². The first-order valence-corrected chi connectivity index (χ1v) is 10.5. The molecule has 0 heterocycles. The van der Waals surface area contributed by atoms with Gasteiger partial charge in [-0.1, -0.05) is 43.4 Å². The number of carbonyl (C=O) groups excluding carboxylic acids is 1. The molecule has 0 aliphatic rings. The van der Waals surface area contributed by atoms with Crippen molar-refractivity contribution in [2.75, 3.05) is 21.3 Å². The fourth-order valence-electron chi connectivity index (χ4n) is 2.89. The molecule has 0 aliphatic heterocycles. The molecule has 0 amide bonds. The first-order chi connectivity index (χ1) is 14.4. The Kier molecular flexibility index (Phi) is 17.4. The second-order valence-electron chi connectivity index (χ2n) is 7.10. The molecule has 0 bridgehead atoms. The number of hydrogen-bond donors (Lipinski definition) is 3. The molecule has 0 unspecified atom stereocenters. The van der Waals surface area contributed by atoms with Gasteiger partial charge < -0.3 is 29.5 Å². The van der Waals surface area contributed by atoms with E-state index in [0.717, 1.165) is 6.42 Å². The fourth-order valence-corrected chi connectivity index (χ4v) is 2.89. The summed E-state index contributed by atoms with van der Waals surface area (Å²) in [6.45, 7) is 2.02. The van der Waals surface area contributed by atoms with Crippen LogP contribution in [-0.4, -0.2) is 67.2 Å². The summed E-state index contributed by atoms with van der Waals surface area (Å²) >= 11 is 0. The molecule has 0 spiro atoms. The van der Waals surface area contributed by atoms with E-state index in [-0.39, 0.29) is 12.4 Å². The highest BCUT2D eigenvalue weighted by atomic mass is 16.7. The zero-order valence-electron chi connectivity index (χ0n) is 18.8. The smallest absolute Gasteiger partial charge is 0.305 e. The van der Waals surface area contributed by atoms with Gasteiger partial charge in [-0.2, -0.15) is 0 Å². The minimum absolute atomic E-state index is 0.209. The van der Waals surface area contributed by atoms with Crippen molar-refractivity contribution in [3.05, 3.63) is 36.5 Å². The number of carbonyl (C=O) groups is 1. The number of unbranched alkanes of at least 4 members (excludes halogenated alkanes) is 1. The van der Waals surface area contributed by atoms with Gasteiger partial charge >= 0.3 is 5.97 Å². The SMILES string of the molecule is CC/C=C\C[C@H](O)/C=C/[C@@H](O)[C@@H](C/C=C\CCCC(=O)OC)[C@@H](O)CC(OC)OC. The molecule has 3 N–H and O–H groups in total. The third-order valence-corrected chi connectivity index (χ3v) is 4.76. The Morgan fingerprint density at radius 2 is 1.60 bits per heavy atom. The lowest BCUT2D eigenvalue weighted by atomic mass is 9.89. The average molecular weight is 429 g/mol. The number of aliphatic hydroxyl groups is 3. The van der Waals surface area contributed by atoms with Crippen LogP contribution in [0.25, 0.3) is 0 Å². The summed E-state index contributed by atoms with van der Waals surface area (Å²) in [4.78, 5) is 11.1. The molecule has 4 atom stereocenters. The summed E-state index contributed by atoms with van der Waals surface area (Å²) in [7, 11) is 4.35. The van der Waals surface area contributed by atoms with Crippen LogP contribution < -0.4 is 0 Å². The number of rotatable bonds is 17. The zero-order valence-corrected chi connectivity index (χ0v) is 18.8. The van der Waals surface area contributed by atoms with Crippen molar-refractivity contribution in [2.45, 2.75) is 76.5 Å². The van der Waals surface area contributed by atoms with E-state index < -0.39 is 30.5 Å². The van der Waals surface area contributed by atoms with Crippen LogP contribution >= 0.6 is 0 Å². The van der Waals surface area contributed by atoms with Crippen LogP contribution in [0.2, 0.25) is 0 Å². The van der Waals surface area contributed by atoms with Crippen molar-refractivity contribution in [2.24, 2.45) is 5.92 Å². The molecule has 0 radical (unpaired) electrons. The molecule has 7 heteroatoms. The van der Waals surface area contributed by atoms with Crippen LogP contribution in [0.5, 0.6) is 0 Å². The first kappa shape index (κ1) is 28.5. The highest BCUT2D eigenvalue weighted by Crippen LogP contribution is 2.22. The minimum Gasteiger partial charge on any atom is -0.469 e. The number of methoxy groups -OCH3 is 3. The summed E-state index contributed by atoms with van der Waals surface area (Å²) < 4.78 is 14.9. The summed E-state index contributed by atoms with van der Waals surface area (Å²) in [5.74, 6) is -0.737. The van der Waals surface area contributed by atoms with Gasteiger partial charge in [-0.05, 0) is 32.1 Å². The molecule has 0 rings (SSSR count). The normalized spacial score (nSPS) is 16.5. The molecule has 7 nitrogen and oxygen atoms in total. The van der Waals surface area contributed by atoms with Crippen LogP contribution in [0.1, 0.15) is 51.9 Å². The van der Waals surface area contributed by atoms with Crippen molar-refractivity contribution >= 4 is 5.97 Å². The molecule has 0 aromatic heterocycles. The van der Waals surface area contributed by atoms with E-state index in [1.54, 1.807) is 6.08 Å². The van der Waals surface area contributed by atoms with E-state index in [9.17, 15) is 20.1 Å².